The number of carbonyl (C=O) groups excluding carboxylic acids is 1. The molecule has 18 heavy (non-hydrogen) atoms. The van der Waals surface area contributed by atoms with Crippen LogP contribution < -0.4 is 10.6 Å². The molecule has 5 nitrogen and oxygen atoms in total. The van der Waals surface area contributed by atoms with Crippen LogP contribution >= 0.6 is 0 Å². The topological polar surface area (TPSA) is 59.0 Å². The van der Waals surface area contributed by atoms with Crippen molar-refractivity contribution in [3.05, 3.63) is 18.0 Å². The minimum atomic E-state index is 0.0968. The van der Waals surface area contributed by atoms with Crippen molar-refractivity contribution in [1.29, 1.82) is 0 Å². The van der Waals surface area contributed by atoms with Crippen molar-refractivity contribution in [2.45, 2.75) is 52.7 Å². The lowest BCUT2D eigenvalue weighted by Gasteiger charge is -2.09. The molecule has 1 rings (SSSR count). The lowest BCUT2D eigenvalue weighted by Crippen LogP contribution is -2.32. The molecule has 0 atom stereocenters. The zero-order valence-corrected chi connectivity index (χ0v) is 11.6. The van der Waals surface area contributed by atoms with Crippen LogP contribution in [0.4, 0.5) is 0 Å². The summed E-state index contributed by atoms with van der Waals surface area (Å²) in [5, 5.41) is 10.4. The molecule has 0 saturated heterocycles. The number of nitrogens with zero attached hydrogens (tertiary/aromatic N) is 2. The van der Waals surface area contributed by atoms with E-state index in [1.807, 2.05) is 30.8 Å². The van der Waals surface area contributed by atoms with E-state index in [4.69, 9.17) is 0 Å². The first kappa shape index (κ1) is 14.7. The molecule has 0 unspecified atom stereocenters. The molecule has 102 valence electrons. The van der Waals surface area contributed by atoms with E-state index in [1.54, 1.807) is 0 Å². The van der Waals surface area contributed by atoms with E-state index in [0.717, 1.165) is 19.5 Å². The van der Waals surface area contributed by atoms with Crippen LogP contribution in [0.5, 0.6) is 0 Å². The highest BCUT2D eigenvalue weighted by Crippen LogP contribution is 1.99. The molecule has 1 heterocycles. The van der Waals surface area contributed by atoms with Gasteiger partial charge in [-0.25, -0.2) is 0 Å². The fourth-order valence-corrected chi connectivity index (χ4v) is 1.74. The SMILES string of the molecule is CCCn1nccc1CNCCC(=O)NC(C)C. The summed E-state index contributed by atoms with van der Waals surface area (Å²) in [5.41, 5.74) is 1.17. The van der Waals surface area contributed by atoms with Crippen molar-refractivity contribution in [2.75, 3.05) is 6.54 Å². The van der Waals surface area contributed by atoms with Crippen molar-refractivity contribution >= 4 is 5.91 Å². The first-order chi connectivity index (χ1) is 8.63. The standard InChI is InChI=1S/C13H24N4O/c1-4-9-17-12(5-8-15-17)10-14-7-6-13(18)16-11(2)3/h5,8,11,14H,4,6-7,9-10H2,1-3H3,(H,16,18). The van der Waals surface area contributed by atoms with Gasteiger partial charge in [-0.2, -0.15) is 5.10 Å². The largest absolute Gasteiger partial charge is 0.354 e. The lowest BCUT2D eigenvalue weighted by atomic mass is 10.3. The first-order valence-electron chi connectivity index (χ1n) is 6.64. The van der Waals surface area contributed by atoms with E-state index in [0.29, 0.717) is 13.0 Å². The first-order valence-corrected chi connectivity index (χ1v) is 6.64. The van der Waals surface area contributed by atoms with Gasteiger partial charge in [0.1, 0.15) is 0 Å². The number of aromatic nitrogens is 2. The number of aryl methyl sites for hydroxylation is 1. The normalized spacial score (nSPS) is 10.9. The highest BCUT2D eigenvalue weighted by atomic mass is 16.1. The van der Waals surface area contributed by atoms with Crippen molar-refractivity contribution in [1.82, 2.24) is 20.4 Å². The number of nitrogens with one attached hydrogen (secondary N) is 2. The van der Waals surface area contributed by atoms with Gasteiger partial charge < -0.3 is 10.6 Å². The Morgan fingerprint density at radius 3 is 2.94 bits per heavy atom. The summed E-state index contributed by atoms with van der Waals surface area (Å²) < 4.78 is 2.00. The van der Waals surface area contributed by atoms with Crippen LogP contribution in [0.25, 0.3) is 0 Å². The molecule has 2 N–H and O–H groups in total. The number of rotatable bonds is 8. The summed E-state index contributed by atoms with van der Waals surface area (Å²) in [6.45, 7) is 8.46. The third-order valence-electron chi connectivity index (χ3n) is 2.52. The summed E-state index contributed by atoms with van der Waals surface area (Å²) in [6.07, 6.45) is 3.41. The Morgan fingerprint density at radius 2 is 2.28 bits per heavy atom. The molecule has 0 bridgehead atoms. The van der Waals surface area contributed by atoms with Gasteiger partial charge in [-0.05, 0) is 26.3 Å². The fourth-order valence-electron chi connectivity index (χ4n) is 1.74. The van der Waals surface area contributed by atoms with Gasteiger partial charge in [-0.15, -0.1) is 0 Å². The van der Waals surface area contributed by atoms with E-state index in [2.05, 4.69) is 22.7 Å². The third-order valence-corrected chi connectivity index (χ3v) is 2.52. The molecule has 0 fully saturated rings. The lowest BCUT2D eigenvalue weighted by molar-refractivity contribution is -0.121. The predicted octanol–water partition coefficient (Wildman–Crippen LogP) is 1.30. The molecule has 0 aliphatic carbocycles. The van der Waals surface area contributed by atoms with Gasteiger partial charge >= 0.3 is 0 Å². The maximum Gasteiger partial charge on any atom is 0.221 e. The monoisotopic (exact) mass is 252 g/mol. The second-order valence-corrected chi connectivity index (χ2v) is 4.69. The maximum absolute atomic E-state index is 11.4. The van der Waals surface area contributed by atoms with E-state index in [1.165, 1.54) is 5.69 Å². The van der Waals surface area contributed by atoms with Crippen LogP contribution in [0, 0.1) is 0 Å². The zero-order valence-electron chi connectivity index (χ0n) is 11.6. The molecular weight excluding hydrogens is 228 g/mol. The molecule has 0 aromatic carbocycles. The van der Waals surface area contributed by atoms with Crippen molar-refractivity contribution in [2.24, 2.45) is 0 Å². The van der Waals surface area contributed by atoms with Gasteiger partial charge in [0.05, 0.1) is 5.69 Å². The van der Waals surface area contributed by atoms with E-state index < -0.39 is 0 Å². The Hall–Kier alpha value is -1.36. The van der Waals surface area contributed by atoms with Crippen LogP contribution in [0.1, 0.15) is 39.3 Å². The van der Waals surface area contributed by atoms with Crippen LogP contribution in [-0.2, 0) is 17.9 Å². The van der Waals surface area contributed by atoms with Crippen LogP contribution in [0.2, 0.25) is 0 Å². The predicted molar refractivity (Wildman–Crippen MR) is 72.1 cm³/mol. The average molecular weight is 252 g/mol. The second kappa shape index (κ2) is 7.87. The van der Waals surface area contributed by atoms with E-state index >= 15 is 0 Å². The van der Waals surface area contributed by atoms with Crippen LogP contribution in [0.3, 0.4) is 0 Å². The summed E-state index contributed by atoms with van der Waals surface area (Å²) in [6, 6.07) is 2.22. The Bertz CT molecular complexity index is 360. The average Bonchev–Trinajstić information content (AvgIpc) is 2.72. The molecule has 0 saturated carbocycles. The van der Waals surface area contributed by atoms with Gasteiger partial charge in [0, 0.05) is 38.3 Å². The molecule has 0 spiro atoms. The third kappa shape index (κ3) is 5.31. The molecule has 1 aromatic heterocycles. The smallest absolute Gasteiger partial charge is 0.221 e. The highest BCUT2D eigenvalue weighted by Gasteiger charge is 2.04. The van der Waals surface area contributed by atoms with Gasteiger partial charge in [0.25, 0.3) is 0 Å². The molecule has 1 aromatic rings. The summed E-state index contributed by atoms with van der Waals surface area (Å²) in [4.78, 5) is 11.4. The summed E-state index contributed by atoms with van der Waals surface area (Å²) >= 11 is 0. The van der Waals surface area contributed by atoms with Gasteiger partial charge in [0.2, 0.25) is 5.91 Å². The Labute approximate surface area is 109 Å². The van der Waals surface area contributed by atoms with Gasteiger partial charge in [-0.3, -0.25) is 9.48 Å². The molecule has 0 aliphatic rings. The van der Waals surface area contributed by atoms with Crippen molar-refractivity contribution in [3.8, 4) is 0 Å². The number of hydrogen-bond acceptors (Lipinski definition) is 3. The summed E-state index contributed by atoms with van der Waals surface area (Å²) in [7, 11) is 0. The van der Waals surface area contributed by atoms with Crippen molar-refractivity contribution in [3.63, 3.8) is 0 Å². The maximum atomic E-state index is 11.4. The van der Waals surface area contributed by atoms with Crippen molar-refractivity contribution < 1.29 is 4.79 Å². The summed E-state index contributed by atoms with van der Waals surface area (Å²) in [5.74, 6) is 0.0968. The molecule has 1 amide bonds. The van der Waals surface area contributed by atoms with Crippen LogP contribution in [-0.4, -0.2) is 28.3 Å². The minimum absolute atomic E-state index is 0.0968. The van der Waals surface area contributed by atoms with Gasteiger partial charge in [-0.1, -0.05) is 6.92 Å². The zero-order chi connectivity index (χ0) is 13.4. The van der Waals surface area contributed by atoms with E-state index in [-0.39, 0.29) is 11.9 Å². The molecule has 0 radical (unpaired) electrons. The molecular formula is C13H24N4O. The van der Waals surface area contributed by atoms with Gasteiger partial charge in [0.15, 0.2) is 0 Å². The molecule has 0 aliphatic heterocycles. The second-order valence-electron chi connectivity index (χ2n) is 4.69. The minimum Gasteiger partial charge on any atom is -0.354 e. The quantitative estimate of drug-likeness (QED) is 0.686. The Kier molecular flexibility index (Phi) is 6.43. The highest BCUT2D eigenvalue weighted by molar-refractivity contribution is 5.76. The number of carbonyl (C=O) groups is 1. The Balaban J connectivity index is 2.21. The number of amides is 1. The van der Waals surface area contributed by atoms with Crippen LogP contribution in [0.15, 0.2) is 12.3 Å². The molecule has 5 heteroatoms. The van der Waals surface area contributed by atoms with E-state index in [9.17, 15) is 4.79 Å². The fraction of sp³-hybridized carbons (Fsp3) is 0.692. The number of hydrogen-bond donors (Lipinski definition) is 2. The Morgan fingerprint density at radius 1 is 1.50 bits per heavy atom.